The van der Waals surface area contributed by atoms with Crippen LogP contribution in [-0.2, 0) is 4.79 Å². The molecule has 9 nitrogen and oxygen atoms in total. The van der Waals surface area contributed by atoms with E-state index in [0.29, 0.717) is 40.8 Å². The Morgan fingerprint density at radius 3 is 2.52 bits per heavy atom. The second-order valence-corrected chi connectivity index (χ2v) is 9.43. The number of nitrogens with zero attached hydrogens (tertiary/aromatic N) is 1. The maximum absolute atomic E-state index is 16.0. The van der Waals surface area contributed by atoms with Crippen molar-refractivity contribution in [1.29, 1.82) is 5.41 Å². The van der Waals surface area contributed by atoms with Gasteiger partial charge in [0.1, 0.15) is 23.5 Å². The Kier molecular flexibility index (Phi) is 8.68. The number of anilines is 2. The van der Waals surface area contributed by atoms with Crippen molar-refractivity contribution in [1.82, 2.24) is 9.97 Å². The molecule has 1 aromatic heterocycles. The number of rotatable bonds is 11. The normalized spacial score (nSPS) is 11.7. The smallest absolute Gasteiger partial charge is 0.221 e. The highest BCUT2D eigenvalue weighted by Gasteiger charge is 2.26. The molecule has 0 saturated carbocycles. The van der Waals surface area contributed by atoms with Gasteiger partial charge < -0.3 is 30.8 Å². The monoisotopic (exact) mass is 544 g/mol. The Labute approximate surface area is 232 Å². The lowest BCUT2D eigenvalue weighted by molar-refractivity contribution is -0.114. The molecule has 1 unspecified atom stereocenters. The third-order valence-corrected chi connectivity index (χ3v) is 5.88. The van der Waals surface area contributed by atoms with E-state index in [1.165, 1.54) is 6.92 Å². The molecule has 4 rings (SSSR count). The summed E-state index contributed by atoms with van der Waals surface area (Å²) in [4.78, 5) is 19.5. The van der Waals surface area contributed by atoms with E-state index in [1.54, 1.807) is 48.7 Å². The quantitative estimate of drug-likeness (QED) is 0.119. The number of amidine groups is 1. The highest BCUT2D eigenvalue weighted by atomic mass is 19.1. The van der Waals surface area contributed by atoms with Gasteiger partial charge >= 0.3 is 0 Å². The van der Waals surface area contributed by atoms with Gasteiger partial charge in [0.15, 0.2) is 11.6 Å². The number of aromatic amines is 1. The number of ether oxygens (including phenoxy) is 2. The first-order chi connectivity index (χ1) is 19.1. The van der Waals surface area contributed by atoms with Crippen LogP contribution in [0.1, 0.15) is 50.7 Å². The number of benzene rings is 3. The van der Waals surface area contributed by atoms with E-state index < -0.39 is 11.9 Å². The highest BCUT2D eigenvalue weighted by Crippen LogP contribution is 2.36. The average Bonchev–Trinajstić information content (AvgIpc) is 3.39. The van der Waals surface area contributed by atoms with Crippen LogP contribution in [0.4, 0.5) is 15.8 Å². The fourth-order valence-corrected chi connectivity index (χ4v) is 4.19. The van der Waals surface area contributed by atoms with Crippen LogP contribution in [0.2, 0.25) is 0 Å². The van der Waals surface area contributed by atoms with Crippen LogP contribution in [-0.4, -0.2) is 34.4 Å². The van der Waals surface area contributed by atoms with Gasteiger partial charge in [0.05, 0.1) is 18.4 Å². The molecule has 0 spiro atoms. The minimum Gasteiger partial charge on any atom is -0.494 e. The van der Waals surface area contributed by atoms with Gasteiger partial charge in [-0.1, -0.05) is 12.1 Å². The number of aromatic nitrogens is 2. The molecule has 0 bridgehead atoms. The summed E-state index contributed by atoms with van der Waals surface area (Å²) < 4.78 is 27.5. The standard InChI is InChI=1S/C30H33FN6O3/c1-5-39-23-14-24(27(31)26(15-23)40-17(2)3)28(36-21-11-9-19(10-12-21)29(32)33)30-34-16-25(37-30)20-7-6-8-22(13-20)35-18(4)38/h6-17,28,36H,5H2,1-4H3,(H3,32,33)(H,34,37)(H,35,38). The molecule has 0 radical (unpaired) electrons. The number of amides is 1. The molecule has 3 aromatic carbocycles. The Balaban J connectivity index is 1.80. The number of imidazole rings is 1. The first-order valence-corrected chi connectivity index (χ1v) is 12.9. The Hall–Kier alpha value is -4.86. The number of nitrogens with two attached hydrogens (primary N) is 1. The van der Waals surface area contributed by atoms with Gasteiger partial charge in [-0.25, -0.2) is 9.37 Å². The lowest BCUT2D eigenvalue weighted by atomic mass is 10.0. The molecule has 0 aliphatic rings. The van der Waals surface area contributed by atoms with E-state index in [2.05, 4.69) is 15.6 Å². The number of nitrogens with one attached hydrogen (secondary N) is 4. The van der Waals surface area contributed by atoms with E-state index in [0.717, 1.165) is 5.56 Å². The van der Waals surface area contributed by atoms with Gasteiger partial charge in [0.25, 0.3) is 0 Å². The zero-order valence-corrected chi connectivity index (χ0v) is 22.8. The zero-order chi connectivity index (χ0) is 28.8. The molecular weight excluding hydrogens is 511 g/mol. The predicted octanol–water partition coefficient (Wildman–Crippen LogP) is 5.85. The van der Waals surface area contributed by atoms with Gasteiger partial charge in [0, 0.05) is 47.3 Å². The minimum atomic E-state index is -0.773. The second kappa shape index (κ2) is 12.3. The van der Waals surface area contributed by atoms with Crippen molar-refractivity contribution in [2.24, 2.45) is 5.73 Å². The molecule has 1 atom stereocenters. The largest absolute Gasteiger partial charge is 0.494 e. The van der Waals surface area contributed by atoms with Crippen molar-refractivity contribution in [2.45, 2.75) is 39.8 Å². The third-order valence-electron chi connectivity index (χ3n) is 5.88. The number of nitrogen functional groups attached to an aromatic ring is 1. The first kappa shape index (κ1) is 28.2. The summed E-state index contributed by atoms with van der Waals surface area (Å²) in [6.07, 6.45) is 1.47. The molecule has 0 fully saturated rings. The van der Waals surface area contributed by atoms with Crippen molar-refractivity contribution in [3.05, 3.63) is 89.6 Å². The molecule has 1 heterocycles. The maximum Gasteiger partial charge on any atom is 0.221 e. The number of carbonyl (C=O) groups excluding carboxylic acids is 1. The predicted molar refractivity (Wildman–Crippen MR) is 155 cm³/mol. The van der Waals surface area contributed by atoms with Crippen LogP contribution in [0.25, 0.3) is 11.3 Å². The van der Waals surface area contributed by atoms with Crippen LogP contribution < -0.4 is 25.8 Å². The molecule has 0 saturated heterocycles. The molecule has 208 valence electrons. The van der Waals surface area contributed by atoms with Gasteiger partial charge in [-0.15, -0.1) is 0 Å². The maximum atomic E-state index is 16.0. The van der Waals surface area contributed by atoms with Crippen molar-refractivity contribution in [3.8, 4) is 22.8 Å². The number of hydrogen-bond donors (Lipinski definition) is 5. The summed E-state index contributed by atoms with van der Waals surface area (Å²) in [7, 11) is 0. The summed E-state index contributed by atoms with van der Waals surface area (Å²) in [5, 5.41) is 13.8. The van der Waals surface area contributed by atoms with Gasteiger partial charge in [-0.05, 0) is 63.2 Å². The average molecular weight is 545 g/mol. The molecule has 0 aliphatic carbocycles. The second-order valence-electron chi connectivity index (χ2n) is 9.43. The molecule has 0 aliphatic heterocycles. The zero-order valence-electron chi connectivity index (χ0n) is 22.8. The van der Waals surface area contributed by atoms with Crippen LogP contribution >= 0.6 is 0 Å². The van der Waals surface area contributed by atoms with Gasteiger partial charge in [0.2, 0.25) is 5.91 Å². The highest BCUT2D eigenvalue weighted by molar-refractivity contribution is 5.95. The molecular formula is C30H33FN6O3. The van der Waals surface area contributed by atoms with E-state index in [1.807, 2.05) is 39.0 Å². The Morgan fingerprint density at radius 2 is 1.88 bits per heavy atom. The van der Waals surface area contributed by atoms with Crippen molar-refractivity contribution >= 4 is 23.1 Å². The fraction of sp³-hybridized carbons (Fsp3) is 0.233. The summed E-state index contributed by atoms with van der Waals surface area (Å²) in [5.41, 5.74) is 9.13. The fourth-order valence-electron chi connectivity index (χ4n) is 4.19. The lowest BCUT2D eigenvalue weighted by Gasteiger charge is -2.22. The minimum absolute atomic E-state index is 0.0498. The summed E-state index contributed by atoms with van der Waals surface area (Å²) >= 11 is 0. The summed E-state index contributed by atoms with van der Waals surface area (Å²) in [6, 6.07) is 16.7. The summed E-state index contributed by atoms with van der Waals surface area (Å²) in [5.74, 6) is 0.210. The molecule has 4 aromatic rings. The van der Waals surface area contributed by atoms with E-state index in [-0.39, 0.29) is 29.2 Å². The van der Waals surface area contributed by atoms with Crippen molar-refractivity contribution < 1.29 is 18.7 Å². The van der Waals surface area contributed by atoms with Crippen LogP contribution in [0.15, 0.2) is 66.9 Å². The Bertz CT molecular complexity index is 1500. The number of H-pyrrole nitrogens is 1. The van der Waals surface area contributed by atoms with Crippen LogP contribution in [0.3, 0.4) is 0 Å². The number of halogens is 1. The van der Waals surface area contributed by atoms with Crippen LogP contribution in [0, 0.1) is 11.2 Å². The number of hydrogen-bond acceptors (Lipinski definition) is 6. The summed E-state index contributed by atoms with van der Waals surface area (Å²) in [6.45, 7) is 7.35. The number of carbonyl (C=O) groups is 1. The SMILES string of the molecule is CCOc1cc(OC(C)C)c(F)c(C(Nc2ccc(C(=N)N)cc2)c2nc(-c3cccc(NC(C)=O)c3)c[nH]2)c1. The third kappa shape index (κ3) is 6.76. The topological polar surface area (TPSA) is 138 Å². The van der Waals surface area contributed by atoms with Crippen LogP contribution in [0.5, 0.6) is 11.5 Å². The van der Waals surface area contributed by atoms with E-state index >= 15 is 4.39 Å². The van der Waals surface area contributed by atoms with Crippen molar-refractivity contribution in [2.75, 3.05) is 17.2 Å². The molecule has 1 amide bonds. The molecule has 10 heteroatoms. The van der Waals surface area contributed by atoms with Gasteiger partial charge in [-0.2, -0.15) is 0 Å². The van der Waals surface area contributed by atoms with Crippen molar-refractivity contribution in [3.63, 3.8) is 0 Å². The molecule has 40 heavy (non-hydrogen) atoms. The lowest BCUT2D eigenvalue weighted by Crippen LogP contribution is -2.18. The van der Waals surface area contributed by atoms with E-state index in [9.17, 15) is 4.79 Å². The molecule has 6 N–H and O–H groups in total. The first-order valence-electron chi connectivity index (χ1n) is 12.9. The Morgan fingerprint density at radius 1 is 1.12 bits per heavy atom. The van der Waals surface area contributed by atoms with Gasteiger partial charge in [-0.3, -0.25) is 10.2 Å². The van der Waals surface area contributed by atoms with E-state index in [4.69, 9.17) is 25.6 Å².